The smallest absolute Gasteiger partial charge is 0.158 e. The van der Waals surface area contributed by atoms with E-state index in [1.165, 1.54) is 0 Å². The van der Waals surface area contributed by atoms with Gasteiger partial charge in [0.1, 0.15) is 0 Å². The van der Waals surface area contributed by atoms with Gasteiger partial charge in [-0.15, -0.1) is 0 Å². The molecule has 0 spiro atoms. The van der Waals surface area contributed by atoms with E-state index in [1.807, 2.05) is 0 Å². The van der Waals surface area contributed by atoms with Gasteiger partial charge in [-0.05, 0) is 23.3 Å². The lowest BCUT2D eigenvalue weighted by atomic mass is 10.2. The molecule has 0 aliphatic carbocycles. The highest BCUT2D eigenvalue weighted by molar-refractivity contribution is 7.89. The molecule has 19 heavy (non-hydrogen) atoms. The Hall–Kier alpha value is -1.03. The maximum Gasteiger partial charge on any atom is 0.158 e. The topological polar surface area (TPSA) is 34.1 Å². The standard InChI is InChI=1S/C14H12Cl2O2S/c15-13-7-3-1-5-11(13)9-19(17,18)10-12-6-2-4-8-14(12)16/h1-8H,9-10H2. The molecule has 0 bridgehead atoms. The van der Waals surface area contributed by atoms with Crippen molar-refractivity contribution in [2.24, 2.45) is 0 Å². The first-order valence-corrected chi connectivity index (χ1v) is 8.23. The summed E-state index contributed by atoms with van der Waals surface area (Å²) in [5, 5.41) is 0.926. The number of rotatable bonds is 4. The van der Waals surface area contributed by atoms with Crippen LogP contribution in [0.25, 0.3) is 0 Å². The van der Waals surface area contributed by atoms with Crippen molar-refractivity contribution in [3.8, 4) is 0 Å². The second-order valence-corrected chi connectivity index (χ2v) is 7.09. The summed E-state index contributed by atoms with van der Waals surface area (Å²) in [7, 11) is -3.30. The molecule has 0 saturated carbocycles. The molecule has 2 aromatic carbocycles. The SMILES string of the molecule is O=S(=O)(Cc1ccccc1Cl)Cc1ccccc1Cl. The van der Waals surface area contributed by atoms with Crippen molar-refractivity contribution in [1.29, 1.82) is 0 Å². The second-order valence-electron chi connectivity index (χ2n) is 4.22. The van der Waals surface area contributed by atoms with Gasteiger partial charge in [-0.3, -0.25) is 0 Å². The minimum atomic E-state index is -3.30. The molecule has 0 heterocycles. The monoisotopic (exact) mass is 314 g/mol. The van der Waals surface area contributed by atoms with E-state index in [0.717, 1.165) is 0 Å². The van der Waals surface area contributed by atoms with E-state index in [4.69, 9.17) is 23.2 Å². The average Bonchev–Trinajstić information content (AvgIpc) is 2.35. The van der Waals surface area contributed by atoms with Gasteiger partial charge in [-0.25, -0.2) is 8.42 Å². The maximum atomic E-state index is 12.2. The highest BCUT2D eigenvalue weighted by Crippen LogP contribution is 2.22. The number of hydrogen-bond donors (Lipinski definition) is 0. The molecule has 0 N–H and O–H groups in total. The van der Waals surface area contributed by atoms with Crippen LogP contribution in [0.5, 0.6) is 0 Å². The molecule has 2 aromatic rings. The van der Waals surface area contributed by atoms with Crippen molar-refractivity contribution in [3.05, 3.63) is 69.7 Å². The van der Waals surface area contributed by atoms with Crippen LogP contribution in [-0.4, -0.2) is 8.42 Å². The van der Waals surface area contributed by atoms with Gasteiger partial charge < -0.3 is 0 Å². The van der Waals surface area contributed by atoms with E-state index >= 15 is 0 Å². The number of benzene rings is 2. The summed E-state index contributed by atoms with van der Waals surface area (Å²) >= 11 is 11.9. The van der Waals surface area contributed by atoms with Gasteiger partial charge in [0.05, 0.1) is 11.5 Å². The predicted octanol–water partition coefficient (Wildman–Crippen LogP) is 4.11. The Labute approximate surface area is 122 Å². The zero-order valence-corrected chi connectivity index (χ0v) is 12.3. The van der Waals surface area contributed by atoms with Crippen LogP contribution in [0, 0.1) is 0 Å². The third-order valence-electron chi connectivity index (χ3n) is 2.67. The third-order valence-corrected chi connectivity index (χ3v) is 4.91. The van der Waals surface area contributed by atoms with Crippen molar-refractivity contribution in [3.63, 3.8) is 0 Å². The third kappa shape index (κ3) is 3.96. The average molecular weight is 315 g/mol. The van der Waals surface area contributed by atoms with Crippen LogP contribution in [0.15, 0.2) is 48.5 Å². The fraction of sp³-hybridized carbons (Fsp3) is 0.143. The van der Waals surface area contributed by atoms with Gasteiger partial charge in [0, 0.05) is 10.0 Å². The second kappa shape index (κ2) is 5.95. The number of hydrogen-bond acceptors (Lipinski definition) is 2. The summed E-state index contributed by atoms with van der Waals surface area (Å²) in [6.45, 7) is 0. The van der Waals surface area contributed by atoms with E-state index < -0.39 is 9.84 Å². The Morgan fingerprint density at radius 3 is 1.47 bits per heavy atom. The van der Waals surface area contributed by atoms with E-state index in [0.29, 0.717) is 21.2 Å². The van der Waals surface area contributed by atoms with Gasteiger partial charge in [0.25, 0.3) is 0 Å². The molecule has 0 aliphatic heterocycles. The molecule has 0 aliphatic rings. The van der Waals surface area contributed by atoms with Gasteiger partial charge >= 0.3 is 0 Å². The first-order chi connectivity index (χ1) is 8.98. The normalized spacial score (nSPS) is 11.5. The molecule has 0 amide bonds. The van der Waals surface area contributed by atoms with Crippen molar-refractivity contribution in [2.75, 3.05) is 0 Å². The van der Waals surface area contributed by atoms with Crippen LogP contribution in [-0.2, 0) is 21.3 Å². The van der Waals surface area contributed by atoms with Crippen molar-refractivity contribution in [1.82, 2.24) is 0 Å². The predicted molar refractivity (Wildman–Crippen MR) is 79.2 cm³/mol. The van der Waals surface area contributed by atoms with Gasteiger partial charge in [0.15, 0.2) is 9.84 Å². The lowest BCUT2D eigenvalue weighted by Crippen LogP contribution is -2.08. The molecular formula is C14H12Cl2O2S. The highest BCUT2D eigenvalue weighted by Gasteiger charge is 2.16. The summed E-state index contributed by atoms with van der Waals surface area (Å²) < 4.78 is 24.3. The quantitative estimate of drug-likeness (QED) is 0.851. The molecule has 0 unspecified atom stereocenters. The summed E-state index contributed by atoms with van der Waals surface area (Å²) in [6.07, 6.45) is 0. The van der Waals surface area contributed by atoms with E-state index in [-0.39, 0.29) is 11.5 Å². The Morgan fingerprint density at radius 2 is 1.11 bits per heavy atom. The van der Waals surface area contributed by atoms with Gasteiger partial charge in [0.2, 0.25) is 0 Å². The van der Waals surface area contributed by atoms with Crippen molar-refractivity contribution in [2.45, 2.75) is 11.5 Å². The van der Waals surface area contributed by atoms with Crippen LogP contribution < -0.4 is 0 Å². The Balaban J connectivity index is 2.21. The fourth-order valence-electron chi connectivity index (χ4n) is 1.76. The summed E-state index contributed by atoms with van der Waals surface area (Å²) in [5.74, 6) is -0.171. The Kier molecular flexibility index (Phi) is 4.50. The number of halogens is 2. The molecule has 0 aromatic heterocycles. The fourth-order valence-corrected chi connectivity index (χ4v) is 3.87. The zero-order valence-electron chi connectivity index (χ0n) is 10.0. The lowest BCUT2D eigenvalue weighted by Gasteiger charge is -2.07. The van der Waals surface area contributed by atoms with E-state index in [2.05, 4.69) is 0 Å². The van der Waals surface area contributed by atoms with Crippen molar-refractivity contribution < 1.29 is 8.42 Å². The largest absolute Gasteiger partial charge is 0.228 e. The van der Waals surface area contributed by atoms with Crippen LogP contribution in [0.3, 0.4) is 0 Å². The summed E-state index contributed by atoms with van der Waals surface area (Å²) in [4.78, 5) is 0. The molecule has 0 fully saturated rings. The molecule has 5 heteroatoms. The maximum absolute atomic E-state index is 12.2. The van der Waals surface area contributed by atoms with Crippen LogP contribution in [0.4, 0.5) is 0 Å². The van der Waals surface area contributed by atoms with Crippen LogP contribution in [0.2, 0.25) is 10.0 Å². The van der Waals surface area contributed by atoms with Gasteiger partial charge in [-0.1, -0.05) is 59.6 Å². The van der Waals surface area contributed by atoms with Crippen molar-refractivity contribution >= 4 is 33.0 Å². The summed E-state index contributed by atoms with van der Waals surface area (Å²) in [6, 6.07) is 13.9. The molecule has 100 valence electrons. The first kappa shape index (κ1) is 14.4. The lowest BCUT2D eigenvalue weighted by molar-refractivity contribution is 0.594. The molecule has 0 saturated heterocycles. The van der Waals surface area contributed by atoms with E-state index in [9.17, 15) is 8.42 Å². The molecular weight excluding hydrogens is 303 g/mol. The summed E-state index contributed by atoms with van der Waals surface area (Å²) in [5.41, 5.74) is 1.22. The molecule has 0 radical (unpaired) electrons. The first-order valence-electron chi connectivity index (χ1n) is 5.65. The van der Waals surface area contributed by atoms with Crippen LogP contribution in [0.1, 0.15) is 11.1 Å². The Bertz CT molecular complexity index is 628. The minimum Gasteiger partial charge on any atom is -0.228 e. The van der Waals surface area contributed by atoms with Gasteiger partial charge in [-0.2, -0.15) is 0 Å². The zero-order chi connectivity index (χ0) is 13.9. The van der Waals surface area contributed by atoms with E-state index in [1.54, 1.807) is 48.5 Å². The molecule has 2 rings (SSSR count). The molecule has 0 atom stereocenters. The number of sulfone groups is 1. The highest BCUT2D eigenvalue weighted by atomic mass is 35.5. The minimum absolute atomic E-state index is 0.0854. The Morgan fingerprint density at radius 1 is 0.737 bits per heavy atom. The van der Waals surface area contributed by atoms with Crippen LogP contribution >= 0.6 is 23.2 Å². The molecule has 2 nitrogen and oxygen atoms in total.